The molecule has 24 heavy (non-hydrogen) atoms. The summed E-state index contributed by atoms with van der Waals surface area (Å²) in [7, 11) is 1.61. The van der Waals surface area contributed by atoms with E-state index in [-0.39, 0.29) is 18.1 Å². The van der Waals surface area contributed by atoms with Crippen LogP contribution in [-0.2, 0) is 13.6 Å². The highest BCUT2D eigenvalue weighted by Gasteiger charge is 2.29. The Morgan fingerprint density at radius 3 is 2.50 bits per heavy atom. The van der Waals surface area contributed by atoms with Gasteiger partial charge in [0.25, 0.3) is 5.56 Å². The molecule has 0 saturated heterocycles. The topological polar surface area (TPSA) is 77.4 Å². The first-order valence-electron chi connectivity index (χ1n) is 7.68. The molecule has 3 heterocycles. The van der Waals surface area contributed by atoms with Gasteiger partial charge in [-0.05, 0) is 13.8 Å². The molecule has 0 aromatic carbocycles. The molecule has 0 aliphatic carbocycles. The number of rotatable bonds is 4. The van der Waals surface area contributed by atoms with Gasteiger partial charge in [-0.3, -0.25) is 18.5 Å². The van der Waals surface area contributed by atoms with Crippen LogP contribution in [0.1, 0.15) is 19.9 Å². The normalized spacial score (nSPS) is 16.9. The van der Waals surface area contributed by atoms with Crippen molar-refractivity contribution in [2.75, 3.05) is 11.6 Å². The van der Waals surface area contributed by atoms with Crippen molar-refractivity contribution in [3.8, 4) is 0 Å². The van der Waals surface area contributed by atoms with E-state index in [2.05, 4.69) is 23.2 Å². The number of hydrazone groups is 1. The number of nitrogens with zero attached hydrogens (tertiary/aromatic N) is 6. The summed E-state index contributed by atoms with van der Waals surface area (Å²) in [5.74, 6) is 0.534. The minimum atomic E-state index is -0.414. The summed E-state index contributed by atoms with van der Waals surface area (Å²) in [6, 6.07) is -0.131. The first kappa shape index (κ1) is 16.0. The van der Waals surface area contributed by atoms with E-state index in [1.54, 1.807) is 18.1 Å². The van der Waals surface area contributed by atoms with E-state index in [4.69, 9.17) is 0 Å². The average Bonchev–Trinajstić information content (AvgIpc) is 2.96. The lowest BCUT2D eigenvalue weighted by atomic mass is 10.2. The van der Waals surface area contributed by atoms with Crippen molar-refractivity contribution >= 4 is 22.8 Å². The number of hydrogen-bond donors (Lipinski definition) is 0. The fourth-order valence-corrected chi connectivity index (χ4v) is 2.92. The molecule has 2 aromatic rings. The van der Waals surface area contributed by atoms with Gasteiger partial charge in [0.2, 0.25) is 5.95 Å². The van der Waals surface area contributed by atoms with Crippen LogP contribution >= 0.6 is 0 Å². The molecule has 0 N–H and O–H groups in total. The van der Waals surface area contributed by atoms with Crippen molar-refractivity contribution in [3.63, 3.8) is 0 Å². The van der Waals surface area contributed by atoms with Crippen LogP contribution in [0.5, 0.6) is 0 Å². The standard InChI is InChI=1S/C16H20N6O2/c1-6-8-20-14(23)12-13(19(5)16(20)24)17-15-21(9-7-2)18-10(3)11(4)22(12)15/h6-7,11H,1-2,8-9H2,3-5H3. The number of hydrogen-bond acceptors (Lipinski definition) is 5. The maximum Gasteiger partial charge on any atom is 0.332 e. The largest absolute Gasteiger partial charge is 0.332 e. The molecule has 0 spiro atoms. The lowest BCUT2D eigenvalue weighted by Gasteiger charge is -2.28. The summed E-state index contributed by atoms with van der Waals surface area (Å²) in [4.78, 5) is 29.9. The highest BCUT2D eigenvalue weighted by atomic mass is 16.2. The maximum atomic E-state index is 12.9. The van der Waals surface area contributed by atoms with Crippen LogP contribution in [-0.4, -0.2) is 30.9 Å². The SMILES string of the molecule is C=CCN1N=C(C)C(C)n2c1nc1c2c(=O)n(CC=C)c(=O)n1C. The lowest BCUT2D eigenvalue weighted by Crippen LogP contribution is -2.40. The number of imidazole rings is 1. The van der Waals surface area contributed by atoms with Gasteiger partial charge in [0.15, 0.2) is 11.2 Å². The molecular weight excluding hydrogens is 308 g/mol. The van der Waals surface area contributed by atoms with E-state index in [1.165, 1.54) is 10.6 Å². The number of aromatic nitrogens is 4. The second kappa shape index (κ2) is 5.63. The van der Waals surface area contributed by atoms with Crippen LogP contribution < -0.4 is 16.3 Å². The van der Waals surface area contributed by atoms with E-state index in [0.717, 1.165) is 10.3 Å². The monoisotopic (exact) mass is 328 g/mol. The van der Waals surface area contributed by atoms with Crippen molar-refractivity contribution in [1.82, 2.24) is 18.7 Å². The Kier molecular flexibility index (Phi) is 3.75. The third-order valence-corrected chi connectivity index (χ3v) is 4.27. The Hall–Kier alpha value is -2.90. The minimum absolute atomic E-state index is 0.131. The molecule has 0 radical (unpaired) electrons. The molecule has 8 nitrogen and oxygen atoms in total. The highest BCUT2D eigenvalue weighted by molar-refractivity contribution is 5.91. The molecule has 2 aromatic heterocycles. The zero-order chi connectivity index (χ0) is 17.6. The van der Waals surface area contributed by atoms with E-state index in [9.17, 15) is 9.59 Å². The Balaban J connectivity index is 2.45. The Morgan fingerprint density at radius 1 is 1.21 bits per heavy atom. The number of aryl methyl sites for hydroxylation is 1. The Labute approximate surface area is 138 Å². The van der Waals surface area contributed by atoms with Gasteiger partial charge in [0.05, 0.1) is 18.3 Å². The summed E-state index contributed by atoms with van der Waals surface area (Å²) < 4.78 is 4.39. The molecule has 1 atom stereocenters. The van der Waals surface area contributed by atoms with Crippen molar-refractivity contribution in [2.45, 2.75) is 26.4 Å². The molecule has 1 aliphatic heterocycles. The van der Waals surface area contributed by atoms with Crippen molar-refractivity contribution in [2.24, 2.45) is 12.1 Å². The molecular formula is C16H20N6O2. The van der Waals surface area contributed by atoms with Crippen LogP contribution in [0.4, 0.5) is 5.95 Å². The van der Waals surface area contributed by atoms with Gasteiger partial charge in [0, 0.05) is 13.6 Å². The first-order chi connectivity index (χ1) is 11.4. The smallest absolute Gasteiger partial charge is 0.294 e. The van der Waals surface area contributed by atoms with Crippen molar-refractivity contribution in [1.29, 1.82) is 0 Å². The van der Waals surface area contributed by atoms with Crippen LogP contribution in [0.2, 0.25) is 0 Å². The molecule has 0 fully saturated rings. The average molecular weight is 328 g/mol. The highest BCUT2D eigenvalue weighted by Crippen LogP contribution is 2.29. The summed E-state index contributed by atoms with van der Waals surface area (Å²) in [5, 5.41) is 6.20. The predicted molar refractivity (Wildman–Crippen MR) is 94.8 cm³/mol. The van der Waals surface area contributed by atoms with Crippen LogP contribution in [0.15, 0.2) is 40.0 Å². The Bertz CT molecular complexity index is 991. The number of allylic oxidation sites excluding steroid dienone is 1. The third-order valence-electron chi connectivity index (χ3n) is 4.27. The van der Waals surface area contributed by atoms with E-state index >= 15 is 0 Å². The van der Waals surface area contributed by atoms with Gasteiger partial charge < -0.3 is 0 Å². The quantitative estimate of drug-likeness (QED) is 0.785. The molecule has 0 saturated carbocycles. The summed E-state index contributed by atoms with van der Waals surface area (Å²) in [6.45, 7) is 11.8. The lowest BCUT2D eigenvalue weighted by molar-refractivity contribution is 0.638. The van der Waals surface area contributed by atoms with Gasteiger partial charge >= 0.3 is 5.69 Å². The van der Waals surface area contributed by atoms with Crippen LogP contribution in [0.3, 0.4) is 0 Å². The second-order valence-corrected chi connectivity index (χ2v) is 5.79. The fourth-order valence-electron chi connectivity index (χ4n) is 2.92. The van der Waals surface area contributed by atoms with Gasteiger partial charge in [-0.2, -0.15) is 10.1 Å². The molecule has 1 unspecified atom stereocenters. The van der Waals surface area contributed by atoms with Crippen molar-refractivity contribution in [3.05, 3.63) is 46.1 Å². The molecule has 8 heteroatoms. The predicted octanol–water partition coefficient (Wildman–Crippen LogP) is 1.03. The molecule has 126 valence electrons. The van der Waals surface area contributed by atoms with Gasteiger partial charge in [-0.1, -0.05) is 12.2 Å². The van der Waals surface area contributed by atoms with Crippen molar-refractivity contribution < 1.29 is 0 Å². The summed E-state index contributed by atoms with van der Waals surface area (Å²) in [6.07, 6.45) is 3.24. The second-order valence-electron chi connectivity index (χ2n) is 5.79. The van der Waals surface area contributed by atoms with Gasteiger partial charge in [-0.15, -0.1) is 13.2 Å². The third kappa shape index (κ3) is 2.06. The maximum absolute atomic E-state index is 12.9. The number of fused-ring (bicyclic) bond motifs is 3. The molecule has 1 aliphatic rings. The van der Waals surface area contributed by atoms with E-state index in [1.807, 2.05) is 18.4 Å². The fraction of sp³-hybridized carbons (Fsp3) is 0.375. The van der Waals surface area contributed by atoms with Crippen LogP contribution in [0.25, 0.3) is 11.2 Å². The first-order valence-corrected chi connectivity index (χ1v) is 7.68. The molecule has 0 bridgehead atoms. The molecule has 3 rings (SSSR count). The molecule has 0 amide bonds. The van der Waals surface area contributed by atoms with Crippen LogP contribution in [0, 0.1) is 0 Å². The Morgan fingerprint density at radius 2 is 1.88 bits per heavy atom. The van der Waals surface area contributed by atoms with E-state index < -0.39 is 5.69 Å². The minimum Gasteiger partial charge on any atom is -0.294 e. The summed E-state index contributed by atoms with van der Waals surface area (Å²) >= 11 is 0. The number of anilines is 1. The van der Waals surface area contributed by atoms with Gasteiger partial charge in [-0.25, -0.2) is 9.80 Å². The van der Waals surface area contributed by atoms with E-state index in [0.29, 0.717) is 23.7 Å². The summed E-state index contributed by atoms with van der Waals surface area (Å²) in [5.41, 5.74) is 0.818. The zero-order valence-electron chi connectivity index (χ0n) is 14.1. The zero-order valence-corrected chi connectivity index (χ0v) is 14.1. The van der Waals surface area contributed by atoms with Gasteiger partial charge in [0.1, 0.15) is 0 Å².